The lowest BCUT2D eigenvalue weighted by Gasteiger charge is -2.25. The van der Waals surface area contributed by atoms with Crippen molar-refractivity contribution in [1.82, 2.24) is 9.97 Å². The highest BCUT2D eigenvalue weighted by atomic mass is 35.5. The minimum absolute atomic E-state index is 0.0136. The number of amides is 1. The summed E-state index contributed by atoms with van der Waals surface area (Å²) in [7, 11) is -8.10. The highest BCUT2D eigenvalue weighted by molar-refractivity contribution is 7.93. The quantitative estimate of drug-likeness (QED) is 0.0524. The summed E-state index contributed by atoms with van der Waals surface area (Å²) in [4.78, 5) is 40.6. The summed E-state index contributed by atoms with van der Waals surface area (Å²) in [5, 5.41) is 23.1. The molecule has 16 nitrogen and oxygen atoms in total. The lowest BCUT2D eigenvalue weighted by atomic mass is 10.1. The molecule has 0 aliphatic rings. The van der Waals surface area contributed by atoms with Gasteiger partial charge in [-0.15, -0.1) is 4.36 Å². The van der Waals surface area contributed by atoms with E-state index in [-0.39, 0.29) is 53.1 Å². The van der Waals surface area contributed by atoms with E-state index in [0.29, 0.717) is 4.31 Å². The SMILES string of the molecule is CC(C)(C)OC(=O)N=S(C)(=O)Cc1cc(OCCCCN(c2cc(-c3nc(Cl)ncc3F)ccc2F)S(=O)(=O)c2ccccc2[N+](=O)[O-])cc([N+](=O)[O-])c1. The lowest BCUT2D eigenvalue weighted by Crippen LogP contribution is -2.33. The van der Waals surface area contributed by atoms with Gasteiger partial charge in [-0.3, -0.25) is 24.5 Å². The summed E-state index contributed by atoms with van der Waals surface area (Å²) in [5.41, 5.74) is -2.92. The van der Waals surface area contributed by atoms with Crippen LogP contribution in [-0.2, 0) is 30.2 Å². The maximum absolute atomic E-state index is 15.5. The molecule has 0 bridgehead atoms. The van der Waals surface area contributed by atoms with Gasteiger partial charge in [-0.05, 0) is 81.1 Å². The van der Waals surface area contributed by atoms with E-state index in [9.17, 15) is 42.0 Å². The molecule has 3 aromatic carbocycles. The number of ether oxygens (including phenoxy) is 2. The predicted molar refractivity (Wildman–Crippen MR) is 194 cm³/mol. The van der Waals surface area contributed by atoms with Crippen molar-refractivity contribution in [2.24, 2.45) is 4.36 Å². The molecular weight excluding hydrogens is 778 g/mol. The summed E-state index contributed by atoms with van der Waals surface area (Å²) >= 11 is 5.83. The van der Waals surface area contributed by atoms with Gasteiger partial charge < -0.3 is 9.47 Å². The Morgan fingerprint density at radius 2 is 1.69 bits per heavy atom. The third-order valence-corrected chi connectivity index (χ3v) is 10.6. The van der Waals surface area contributed by atoms with E-state index < -0.39 is 81.4 Å². The zero-order chi connectivity index (χ0) is 40.0. The molecule has 0 N–H and O–H groups in total. The van der Waals surface area contributed by atoms with Crippen LogP contribution in [0.5, 0.6) is 5.75 Å². The molecule has 288 valence electrons. The lowest BCUT2D eigenvalue weighted by molar-refractivity contribution is -0.387. The summed E-state index contributed by atoms with van der Waals surface area (Å²) in [5.74, 6) is -2.38. The van der Waals surface area contributed by atoms with Crippen LogP contribution in [0.4, 0.5) is 30.6 Å². The number of aromatic nitrogens is 2. The molecule has 0 aliphatic carbocycles. The molecular formula is C33H33ClF2N6O10S2. The largest absolute Gasteiger partial charge is 0.493 e. The van der Waals surface area contributed by atoms with E-state index in [4.69, 9.17) is 21.1 Å². The van der Waals surface area contributed by atoms with E-state index in [1.807, 2.05) is 0 Å². The van der Waals surface area contributed by atoms with Crippen LogP contribution in [-0.4, -0.2) is 63.5 Å². The monoisotopic (exact) mass is 810 g/mol. The molecule has 4 rings (SSSR count). The number of anilines is 1. The van der Waals surface area contributed by atoms with Gasteiger partial charge in [-0.25, -0.2) is 36.2 Å². The Morgan fingerprint density at radius 3 is 2.35 bits per heavy atom. The molecule has 0 aliphatic heterocycles. The first-order valence-corrected chi connectivity index (χ1v) is 19.7. The Labute approximate surface area is 313 Å². The Balaban J connectivity index is 1.60. The molecule has 0 saturated carbocycles. The molecule has 1 amide bonds. The van der Waals surface area contributed by atoms with Crippen LogP contribution in [0.1, 0.15) is 39.2 Å². The minimum atomic E-state index is -4.85. The molecule has 21 heteroatoms. The molecule has 54 heavy (non-hydrogen) atoms. The van der Waals surface area contributed by atoms with Gasteiger partial charge in [-0.1, -0.05) is 12.1 Å². The first-order valence-electron chi connectivity index (χ1n) is 15.7. The number of hydrogen-bond donors (Lipinski definition) is 0. The van der Waals surface area contributed by atoms with Gasteiger partial charge in [0.25, 0.3) is 21.4 Å². The predicted octanol–water partition coefficient (Wildman–Crippen LogP) is 7.48. The van der Waals surface area contributed by atoms with Crippen molar-refractivity contribution in [2.45, 2.75) is 49.9 Å². The first kappa shape index (κ1) is 41.4. The Bertz CT molecular complexity index is 2330. The molecule has 0 radical (unpaired) electrons. The fraction of sp³-hybridized carbons (Fsp3) is 0.303. The fourth-order valence-corrected chi connectivity index (χ4v) is 7.96. The zero-order valence-corrected chi connectivity index (χ0v) is 31.5. The van der Waals surface area contributed by atoms with Crippen LogP contribution < -0.4 is 9.04 Å². The number of sulfonamides is 1. The summed E-state index contributed by atoms with van der Waals surface area (Å²) < 4.78 is 86.3. The van der Waals surface area contributed by atoms with Crippen molar-refractivity contribution in [1.29, 1.82) is 0 Å². The van der Waals surface area contributed by atoms with Gasteiger partial charge in [0, 0.05) is 30.5 Å². The van der Waals surface area contributed by atoms with E-state index >= 15 is 4.39 Å². The van der Waals surface area contributed by atoms with Gasteiger partial charge in [0.15, 0.2) is 10.7 Å². The molecule has 0 saturated heterocycles. The number of halogens is 3. The number of rotatable bonds is 14. The van der Waals surface area contributed by atoms with Crippen molar-refractivity contribution < 1.29 is 45.5 Å². The highest BCUT2D eigenvalue weighted by Gasteiger charge is 2.33. The van der Waals surface area contributed by atoms with Gasteiger partial charge >= 0.3 is 6.09 Å². The number of carbonyl (C=O) groups excluding carboxylic acids is 1. The number of benzene rings is 3. The van der Waals surface area contributed by atoms with E-state index in [0.717, 1.165) is 48.7 Å². The van der Waals surface area contributed by atoms with E-state index in [2.05, 4.69) is 14.3 Å². The Morgan fingerprint density at radius 1 is 0.981 bits per heavy atom. The van der Waals surface area contributed by atoms with Crippen LogP contribution in [0.15, 0.2) is 76.1 Å². The maximum atomic E-state index is 15.5. The van der Waals surface area contributed by atoms with Crippen molar-refractivity contribution in [3.05, 3.63) is 110 Å². The van der Waals surface area contributed by atoms with Crippen molar-refractivity contribution in [3.8, 4) is 17.0 Å². The number of nitrogens with zero attached hydrogens (tertiary/aromatic N) is 6. The second-order valence-corrected chi connectivity index (χ2v) is 17.2. The minimum Gasteiger partial charge on any atom is -0.493 e. The number of non-ortho nitro benzene ring substituents is 1. The number of nitro benzene ring substituents is 2. The molecule has 1 atom stereocenters. The van der Waals surface area contributed by atoms with Crippen LogP contribution in [0, 0.1) is 31.9 Å². The average Bonchev–Trinajstić information content (AvgIpc) is 3.06. The van der Waals surface area contributed by atoms with Crippen LogP contribution in [0.25, 0.3) is 11.3 Å². The third kappa shape index (κ3) is 10.9. The summed E-state index contributed by atoms with van der Waals surface area (Å²) in [6.07, 6.45) is 0.928. The van der Waals surface area contributed by atoms with Gasteiger partial charge in [0.2, 0.25) is 5.28 Å². The maximum Gasteiger partial charge on any atom is 0.442 e. The zero-order valence-electron chi connectivity index (χ0n) is 29.1. The smallest absolute Gasteiger partial charge is 0.442 e. The van der Waals surface area contributed by atoms with Crippen LogP contribution in [0.3, 0.4) is 0 Å². The topological polar surface area (TPSA) is 214 Å². The first-order chi connectivity index (χ1) is 25.2. The standard InChI is InChI=1S/C33H33ClF2N6O10S2/c1-33(2,3)52-32(43)39-53(4,48)20-21-15-23(41(44)45)18-24(16-21)51-14-8-7-13-40(54(49,50)29-10-6-5-9-27(29)42(46)47)28-17-22(11-12-25(28)35)30-26(36)19-37-31(34)38-30/h5-6,9-12,15-19H,7-8,13-14,20H2,1-4H3. The van der Waals surface area contributed by atoms with Gasteiger partial charge in [-0.2, -0.15) is 0 Å². The van der Waals surface area contributed by atoms with Crippen molar-refractivity contribution in [2.75, 3.05) is 23.7 Å². The fourth-order valence-electron chi connectivity index (χ4n) is 4.96. The Hall–Kier alpha value is -5.34. The van der Waals surface area contributed by atoms with Crippen LogP contribution >= 0.6 is 11.6 Å². The molecule has 1 aromatic heterocycles. The number of carbonyl (C=O) groups is 1. The normalized spacial score (nSPS) is 12.7. The number of unbranched alkanes of at least 4 members (excludes halogenated alkanes) is 1. The molecule has 0 fully saturated rings. The average molecular weight is 811 g/mol. The van der Waals surface area contributed by atoms with Gasteiger partial charge in [0.05, 0.1) is 49.9 Å². The molecule has 1 unspecified atom stereocenters. The summed E-state index contributed by atoms with van der Waals surface area (Å²) in [6, 6.07) is 11.1. The van der Waals surface area contributed by atoms with E-state index in [1.165, 1.54) is 24.5 Å². The number of nitro groups is 2. The van der Waals surface area contributed by atoms with E-state index in [1.54, 1.807) is 20.8 Å². The number of para-hydroxylation sites is 1. The highest BCUT2D eigenvalue weighted by Crippen LogP contribution is 2.35. The third-order valence-electron chi connectivity index (χ3n) is 7.11. The molecule has 0 spiro atoms. The molecule has 4 aromatic rings. The van der Waals surface area contributed by atoms with Crippen molar-refractivity contribution in [3.63, 3.8) is 0 Å². The van der Waals surface area contributed by atoms with Gasteiger partial charge in [0.1, 0.15) is 22.9 Å². The second kappa shape index (κ2) is 16.8. The van der Waals surface area contributed by atoms with Crippen molar-refractivity contribution >= 4 is 54.5 Å². The molecule has 1 heterocycles. The second-order valence-electron chi connectivity index (χ2n) is 12.6. The summed E-state index contributed by atoms with van der Waals surface area (Å²) in [6.45, 7) is 4.19. The Kier molecular flexibility index (Phi) is 12.9. The van der Waals surface area contributed by atoms with Crippen LogP contribution in [0.2, 0.25) is 5.28 Å². The number of hydrogen-bond acceptors (Lipinski definition) is 12.